The van der Waals surface area contributed by atoms with Crippen LogP contribution in [0.3, 0.4) is 0 Å². The molecule has 0 atom stereocenters. The van der Waals surface area contributed by atoms with Crippen LogP contribution >= 0.6 is 11.3 Å². The van der Waals surface area contributed by atoms with Crippen molar-refractivity contribution in [1.29, 1.82) is 0 Å². The number of hydrogen-bond donors (Lipinski definition) is 1. The summed E-state index contributed by atoms with van der Waals surface area (Å²) in [6.07, 6.45) is 3.19. The Balaban J connectivity index is 1.64. The van der Waals surface area contributed by atoms with Gasteiger partial charge in [-0.15, -0.1) is 11.3 Å². The van der Waals surface area contributed by atoms with Gasteiger partial charge in [0, 0.05) is 11.6 Å². The highest BCUT2D eigenvalue weighted by molar-refractivity contribution is 7.07. The molecule has 2 aromatic carbocycles. The van der Waals surface area contributed by atoms with E-state index >= 15 is 0 Å². The van der Waals surface area contributed by atoms with E-state index in [0.717, 1.165) is 5.56 Å². The first kappa shape index (κ1) is 18.1. The second kappa shape index (κ2) is 7.74. The van der Waals surface area contributed by atoms with Crippen LogP contribution in [0.25, 0.3) is 12.2 Å². The summed E-state index contributed by atoms with van der Waals surface area (Å²) in [4.78, 5) is 27.4. The van der Waals surface area contributed by atoms with E-state index in [9.17, 15) is 9.59 Å². The first-order valence-corrected chi connectivity index (χ1v) is 9.45. The lowest BCUT2D eigenvalue weighted by atomic mass is 10.1. The van der Waals surface area contributed by atoms with Crippen LogP contribution in [-0.2, 0) is 0 Å². The quantitative estimate of drug-likeness (QED) is 0.681. The van der Waals surface area contributed by atoms with Crippen LogP contribution in [0.5, 0.6) is 17.2 Å². The van der Waals surface area contributed by atoms with E-state index in [2.05, 4.69) is 4.98 Å². The van der Waals surface area contributed by atoms with Gasteiger partial charge in [-0.3, -0.25) is 9.59 Å². The number of rotatable bonds is 4. The normalized spacial score (nSPS) is 14.2. The van der Waals surface area contributed by atoms with E-state index in [-0.39, 0.29) is 11.3 Å². The number of aromatic nitrogens is 1. The summed E-state index contributed by atoms with van der Waals surface area (Å²) in [7, 11) is 1.57. The van der Waals surface area contributed by atoms with Gasteiger partial charge in [0.2, 0.25) is 0 Å². The van der Waals surface area contributed by atoms with Gasteiger partial charge in [-0.1, -0.05) is 6.07 Å². The topological polar surface area (TPSA) is 77.6 Å². The number of H-pyrrole nitrogens is 1. The molecule has 6 nitrogen and oxygen atoms in total. The third-order valence-corrected chi connectivity index (χ3v) is 5.14. The zero-order chi connectivity index (χ0) is 19.5. The third-order valence-electron chi connectivity index (χ3n) is 4.18. The SMILES string of the molecule is COc1ccc(C(=O)/C=c2/[nH]c(=O)/c(=C/c3ccc4c(c3)OCCO4)s2)cc1. The van der Waals surface area contributed by atoms with Gasteiger partial charge in [-0.05, 0) is 48.0 Å². The lowest BCUT2D eigenvalue weighted by Crippen LogP contribution is -2.20. The Morgan fingerprint density at radius 1 is 1.11 bits per heavy atom. The summed E-state index contributed by atoms with van der Waals surface area (Å²) in [6.45, 7) is 1.03. The highest BCUT2D eigenvalue weighted by atomic mass is 32.1. The number of fused-ring (bicyclic) bond motifs is 1. The maximum Gasteiger partial charge on any atom is 0.266 e. The minimum atomic E-state index is -0.242. The Labute approximate surface area is 164 Å². The number of carbonyl (C=O) groups is 1. The number of nitrogens with one attached hydrogen (secondary N) is 1. The summed E-state index contributed by atoms with van der Waals surface area (Å²) >= 11 is 1.23. The summed E-state index contributed by atoms with van der Waals surface area (Å²) < 4.78 is 17.2. The highest BCUT2D eigenvalue weighted by Crippen LogP contribution is 2.30. The van der Waals surface area contributed by atoms with E-state index in [1.807, 2.05) is 18.2 Å². The summed E-state index contributed by atoms with van der Waals surface area (Å²) in [5, 5.41) is 0. The molecule has 0 saturated heterocycles. The standard InChI is InChI=1S/C21H17NO5S/c1-25-15-5-3-14(4-6-15)16(23)12-20-22-21(24)19(28-20)11-13-2-7-17-18(10-13)27-9-8-26-17/h2-7,10-12H,8-9H2,1H3,(H,22,24)/b19-11-,20-12-. The molecular formula is C21H17NO5S. The molecule has 0 radical (unpaired) electrons. The molecule has 0 aliphatic carbocycles. The van der Waals surface area contributed by atoms with Gasteiger partial charge < -0.3 is 19.2 Å². The Morgan fingerprint density at radius 3 is 2.61 bits per heavy atom. The van der Waals surface area contributed by atoms with E-state index in [1.54, 1.807) is 37.5 Å². The van der Waals surface area contributed by atoms with Crippen molar-refractivity contribution >= 4 is 29.3 Å². The monoisotopic (exact) mass is 395 g/mol. The Morgan fingerprint density at radius 2 is 1.86 bits per heavy atom. The van der Waals surface area contributed by atoms with Crippen molar-refractivity contribution in [3.05, 3.63) is 73.1 Å². The third kappa shape index (κ3) is 3.84. The first-order valence-electron chi connectivity index (χ1n) is 8.63. The van der Waals surface area contributed by atoms with Crippen molar-refractivity contribution in [3.63, 3.8) is 0 Å². The minimum Gasteiger partial charge on any atom is -0.497 e. The number of aromatic amines is 1. The van der Waals surface area contributed by atoms with Crippen molar-refractivity contribution in [2.24, 2.45) is 0 Å². The fourth-order valence-corrected chi connectivity index (χ4v) is 3.67. The molecule has 0 spiro atoms. The molecule has 1 aromatic heterocycles. The highest BCUT2D eigenvalue weighted by Gasteiger charge is 2.11. The average molecular weight is 395 g/mol. The average Bonchev–Trinajstić information content (AvgIpc) is 3.06. The van der Waals surface area contributed by atoms with Crippen molar-refractivity contribution in [1.82, 2.24) is 4.98 Å². The predicted octanol–water partition coefficient (Wildman–Crippen LogP) is 1.71. The number of ether oxygens (including phenoxy) is 3. The molecule has 1 aliphatic heterocycles. The molecule has 0 bridgehead atoms. The van der Waals surface area contributed by atoms with Crippen LogP contribution < -0.4 is 29.0 Å². The maximum atomic E-state index is 12.4. The molecule has 0 amide bonds. The van der Waals surface area contributed by atoms with Gasteiger partial charge in [0.15, 0.2) is 17.3 Å². The van der Waals surface area contributed by atoms with Crippen LogP contribution in [0.1, 0.15) is 15.9 Å². The molecule has 0 fully saturated rings. The molecule has 3 aromatic rings. The molecule has 7 heteroatoms. The molecule has 0 saturated carbocycles. The summed E-state index contributed by atoms with van der Waals surface area (Å²) in [6, 6.07) is 12.3. The van der Waals surface area contributed by atoms with Gasteiger partial charge >= 0.3 is 0 Å². The Bertz CT molecular complexity index is 1190. The Kier molecular flexibility index (Phi) is 4.99. The maximum absolute atomic E-state index is 12.4. The number of Topliss-reactive ketones (excluding diaryl/α,β-unsaturated/α-hetero) is 1. The van der Waals surface area contributed by atoms with Crippen LogP contribution in [0.2, 0.25) is 0 Å². The molecule has 1 N–H and O–H groups in total. The zero-order valence-electron chi connectivity index (χ0n) is 15.1. The van der Waals surface area contributed by atoms with Crippen LogP contribution in [0.15, 0.2) is 47.3 Å². The summed E-state index contributed by atoms with van der Waals surface area (Å²) in [5.41, 5.74) is 1.10. The van der Waals surface area contributed by atoms with Gasteiger partial charge in [-0.25, -0.2) is 0 Å². The van der Waals surface area contributed by atoms with Crippen LogP contribution in [-0.4, -0.2) is 31.1 Å². The van der Waals surface area contributed by atoms with E-state index < -0.39 is 0 Å². The fraction of sp³-hybridized carbons (Fsp3) is 0.143. The van der Waals surface area contributed by atoms with Gasteiger partial charge in [0.1, 0.15) is 19.0 Å². The minimum absolute atomic E-state index is 0.189. The summed E-state index contributed by atoms with van der Waals surface area (Å²) in [5.74, 6) is 1.85. The molecule has 142 valence electrons. The lowest BCUT2D eigenvalue weighted by Gasteiger charge is -2.18. The fourth-order valence-electron chi connectivity index (χ4n) is 2.78. The van der Waals surface area contributed by atoms with Crippen molar-refractivity contribution in [2.75, 3.05) is 20.3 Å². The number of thiazole rings is 1. The number of ketones is 1. The number of benzene rings is 2. The molecule has 1 aliphatic rings. The van der Waals surface area contributed by atoms with Crippen molar-refractivity contribution < 1.29 is 19.0 Å². The van der Waals surface area contributed by atoms with Gasteiger partial charge in [0.25, 0.3) is 5.56 Å². The smallest absolute Gasteiger partial charge is 0.266 e. The second-order valence-electron chi connectivity index (χ2n) is 6.07. The van der Waals surface area contributed by atoms with Crippen LogP contribution in [0, 0.1) is 0 Å². The van der Waals surface area contributed by atoms with Crippen LogP contribution in [0.4, 0.5) is 0 Å². The largest absolute Gasteiger partial charge is 0.497 e. The molecule has 2 heterocycles. The van der Waals surface area contributed by atoms with Gasteiger partial charge in [0.05, 0.1) is 16.3 Å². The molecule has 0 unspecified atom stereocenters. The zero-order valence-corrected chi connectivity index (χ0v) is 15.9. The Hall–Kier alpha value is -3.32. The molecular weight excluding hydrogens is 378 g/mol. The van der Waals surface area contributed by atoms with E-state index in [1.165, 1.54) is 17.4 Å². The second-order valence-corrected chi connectivity index (χ2v) is 7.15. The molecule has 4 rings (SSSR count). The number of methoxy groups -OCH3 is 1. The van der Waals surface area contributed by atoms with E-state index in [4.69, 9.17) is 14.2 Å². The number of carbonyl (C=O) groups excluding carboxylic acids is 1. The van der Waals surface area contributed by atoms with Gasteiger partial charge in [-0.2, -0.15) is 0 Å². The van der Waals surface area contributed by atoms with Crippen molar-refractivity contribution in [3.8, 4) is 17.2 Å². The van der Waals surface area contributed by atoms with E-state index in [0.29, 0.717) is 45.2 Å². The first-order chi connectivity index (χ1) is 13.6. The number of hydrogen-bond acceptors (Lipinski definition) is 6. The molecule has 28 heavy (non-hydrogen) atoms. The lowest BCUT2D eigenvalue weighted by molar-refractivity contribution is 0.106. The predicted molar refractivity (Wildman–Crippen MR) is 107 cm³/mol. The van der Waals surface area contributed by atoms with Crippen molar-refractivity contribution in [2.45, 2.75) is 0 Å².